The molecule has 1 aliphatic rings. The summed E-state index contributed by atoms with van der Waals surface area (Å²) in [6.45, 7) is 0. The SMILES string of the molecule is S=c1c2ccccc2[se]n1N1C=CNN=C1. The van der Waals surface area contributed by atoms with Gasteiger partial charge >= 0.3 is 103 Å². The molecule has 0 atom stereocenters. The van der Waals surface area contributed by atoms with Gasteiger partial charge in [-0.1, -0.05) is 0 Å². The van der Waals surface area contributed by atoms with Gasteiger partial charge in [0.2, 0.25) is 0 Å². The Morgan fingerprint density at radius 3 is 2.94 bits per heavy atom. The molecule has 0 radical (unpaired) electrons. The van der Waals surface area contributed by atoms with Gasteiger partial charge in [0.15, 0.2) is 0 Å². The van der Waals surface area contributed by atoms with Crippen LogP contribution in [0.2, 0.25) is 0 Å². The Balaban J connectivity index is 2.20. The van der Waals surface area contributed by atoms with Crippen molar-refractivity contribution in [1.29, 1.82) is 0 Å². The van der Waals surface area contributed by atoms with Gasteiger partial charge in [0, 0.05) is 0 Å². The van der Waals surface area contributed by atoms with Gasteiger partial charge in [0.1, 0.15) is 0 Å². The number of hydrogen-bond donors (Lipinski definition) is 1. The predicted molar refractivity (Wildman–Crippen MR) is 68.7 cm³/mol. The van der Waals surface area contributed by atoms with E-state index in [0.717, 1.165) is 10.0 Å². The predicted octanol–water partition coefficient (Wildman–Crippen LogP) is 1.38. The van der Waals surface area contributed by atoms with E-state index in [0.29, 0.717) is 0 Å². The number of hydrogen-bond acceptors (Lipinski definition) is 4. The third kappa shape index (κ3) is 1.51. The molecule has 3 rings (SSSR count). The van der Waals surface area contributed by atoms with Crippen LogP contribution < -0.4 is 10.4 Å². The van der Waals surface area contributed by atoms with Crippen LogP contribution in [0.1, 0.15) is 0 Å². The van der Waals surface area contributed by atoms with Crippen LogP contribution in [0.15, 0.2) is 41.8 Å². The van der Waals surface area contributed by atoms with Crippen molar-refractivity contribution in [2.45, 2.75) is 0 Å². The Labute approximate surface area is 103 Å². The molecule has 0 fully saturated rings. The van der Waals surface area contributed by atoms with Crippen molar-refractivity contribution in [3.63, 3.8) is 0 Å². The molecule has 0 saturated carbocycles. The summed E-state index contributed by atoms with van der Waals surface area (Å²) in [7, 11) is 0. The molecule has 6 heteroatoms. The maximum absolute atomic E-state index is 5.46. The van der Waals surface area contributed by atoms with Crippen LogP contribution in [0, 0.1) is 4.64 Å². The van der Waals surface area contributed by atoms with Crippen molar-refractivity contribution in [3.8, 4) is 0 Å². The zero-order valence-corrected chi connectivity index (χ0v) is 10.7. The molecule has 1 N–H and O–H groups in total. The first kappa shape index (κ1) is 9.84. The third-order valence-corrected chi connectivity index (χ3v) is 5.19. The summed E-state index contributed by atoms with van der Waals surface area (Å²) < 4.78 is 4.27. The number of benzene rings is 1. The summed E-state index contributed by atoms with van der Waals surface area (Å²) in [6.07, 6.45) is 5.41. The summed E-state index contributed by atoms with van der Waals surface area (Å²) >= 11 is 5.66. The molecule has 16 heavy (non-hydrogen) atoms. The molecule has 0 amide bonds. The average Bonchev–Trinajstić information content (AvgIpc) is 2.69. The molecule has 2 aromatic rings. The van der Waals surface area contributed by atoms with Crippen molar-refractivity contribution in [3.05, 3.63) is 41.3 Å². The summed E-state index contributed by atoms with van der Waals surface area (Å²) in [5, 5.41) is 7.05. The molecule has 0 saturated heterocycles. The van der Waals surface area contributed by atoms with Crippen molar-refractivity contribution in [2.24, 2.45) is 5.10 Å². The monoisotopic (exact) mass is 296 g/mol. The van der Waals surface area contributed by atoms with Gasteiger partial charge in [-0.15, -0.1) is 0 Å². The molecule has 0 aliphatic carbocycles. The van der Waals surface area contributed by atoms with Crippen LogP contribution >= 0.6 is 12.2 Å². The van der Waals surface area contributed by atoms with Gasteiger partial charge in [-0.25, -0.2) is 0 Å². The van der Waals surface area contributed by atoms with Gasteiger partial charge in [-0.2, -0.15) is 0 Å². The fourth-order valence-electron chi connectivity index (χ4n) is 1.50. The molecule has 1 aromatic heterocycles. The van der Waals surface area contributed by atoms with Crippen LogP contribution in [-0.4, -0.2) is 24.7 Å². The Morgan fingerprint density at radius 2 is 2.19 bits per heavy atom. The number of nitrogens with one attached hydrogen (secondary N) is 1. The van der Waals surface area contributed by atoms with Crippen molar-refractivity contribution >= 4 is 42.9 Å². The van der Waals surface area contributed by atoms with Crippen molar-refractivity contribution < 1.29 is 0 Å². The number of fused-ring (bicyclic) bond motifs is 1. The molecule has 1 aliphatic heterocycles. The quantitative estimate of drug-likeness (QED) is 0.637. The van der Waals surface area contributed by atoms with E-state index in [2.05, 4.69) is 26.3 Å². The van der Waals surface area contributed by atoms with Crippen LogP contribution in [-0.2, 0) is 0 Å². The molecule has 4 nitrogen and oxygen atoms in total. The molecular formula is C10H8N4SSe. The van der Waals surface area contributed by atoms with Crippen LogP contribution in [0.4, 0.5) is 0 Å². The van der Waals surface area contributed by atoms with E-state index < -0.39 is 0 Å². The molecule has 0 unspecified atom stereocenters. The fraction of sp³-hybridized carbons (Fsp3) is 0. The van der Waals surface area contributed by atoms with Gasteiger partial charge in [-0.05, 0) is 0 Å². The fourth-order valence-corrected chi connectivity index (χ4v) is 4.13. The number of rotatable bonds is 1. The normalized spacial score (nSPS) is 14.4. The second-order valence-corrected chi connectivity index (χ2v) is 5.65. The zero-order valence-electron chi connectivity index (χ0n) is 8.20. The second-order valence-electron chi connectivity index (χ2n) is 3.23. The van der Waals surface area contributed by atoms with Crippen molar-refractivity contribution in [1.82, 2.24) is 9.10 Å². The minimum absolute atomic E-state index is 0.196. The Bertz CT molecular complexity index is 628. The van der Waals surface area contributed by atoms with E-state index >= 15 is 0 Å². The molecule has 0 spiro atoms. The van der Waals surface area contributed by atoms with Gasteiger partial charge in [0.05, 0.1) is 0 Å². The second kappa shape index (κ2) is 3.90. The van der Waals surface area contributed by atoms with Crippen molar-refractivity contribution in [2.75, 3.05) is 5.01 Å². The minimum atomic E-state index is 0.196. The van der Waals surface area contributed by atoms with Gasteiger partial charge < -0.3 is 0 Å². The van der Waals surface area contributed by atoms with E-state index in [9.17, 15) is 0 Å². The number of hydrazone groups is 1. The molecule has 0 bridgehead atoms. The van der Waals surface area contributed by atoms with Gasteiger partial charge in [-0.3, -0.25) is 0 Å². The average molecular weight is 295 g/mol. The molecule has 2 heterocycles. The van der Waals surface area contributed by atoms with Crippen LogP contribution in [0.25, 0.3) is 9.65 Å². The Morgan fingerprint density at radius 1 is 1.31 bits per heavy atom. The molecular weight excluding hydrogens is 287 g/mol. The topological polar surface area (TPSA) is 32.6 Å². The van der Waals surface area contributed by atoms with Crippen LogP contribution in [0.3, 0.4) is 0 Å². The first-order valence-corrected chi connectivity index (χ1v) is 6.74. The van der Waals surface area contributed by atoms with E-state index in [1.807, 2.05) is 23.3 Å². The van der Waals surface area contributed by atoms with E-state index in [-0.39, 0.29) is 14.7 Å². The standard InChI is InChI=1S/C10H8N4SSe/c15-10-8-3-1-2-4-9(8)16-14(10)13-6-5-11-12-7-13/h1-7,11H. The van der Waals surface area contributed by atoms with E-state index in [4.69, 9.17) is 12.2 Å². The summed E-state index contributed by atoms with van der Waals surface area (Å²) in [4.78, 5) is 0. The summed E-state index contributed by atoms with van der Waals surface area (Å²) in [5.74, 6) is 0. The number of nitrogens with zero attached hydrogens (tertiary/aromatic N) is 3. The van der Waals surface area contributed by atoms with Crippen LogP contribution in [0.5, 0.6) is 0 Å². The number of aromatic nitrogens is 1. The first-order chi connectivity index (χ1) is 7.86. The van der Waals surface area contributed by atoms with E-state index in [1.54, 1.807) is 12.5 Å². The zero-order chi connectivity index (χ0) is 11.0. The maximum atomic E-state index is 5.46. The van der Waals surface area contributed by atoms with Gasteiger partial charge in [0.25, 0.3) is 0 Å². The first-order valence-electron chi connectivity index (χ1n) is 4.71. The summed E-state index contributed by atoms with van der Waals surface area (Å²) in [5.41, 5.74) is 2.76. The third-order valence-electron chi connectivity index (χ3n) is 2.24. The summed E-state index contributed by atoms with van der Waals surface area (Å²) in [6, 6.07) is 8.27. The molecule has 80 valence electrons. The Kier molecular flexibility index (Phi) is 2.40. The Hall–Kier alpha value is -1.36. The molecule has 1 aromatic carbocycles. The van der Waals surface area contributed by atoms with E-state index in [1.165, 1.54) is 4.26 Å².